The molecule has 1 aromatic rings. The molecule has 90 valence electrons. The van der Waals surface area contributed by atoms with E-state index in [1.165, 1.54) is 0 Å². The summed E-state index contributed by atoms with van der Waals surface area (Å²) in [6.07, 6.45) is -5.53. The molecular weight excluding hydrogens is 303 g/mol. The summed E-state index contributed by atoms with van der Waals surface area (Å²) < 4.78 is 38.0. The van der Waals surface area contributed by atoms with E-state index in [0.29, 0.717) is 0 Å². The van der Waals surface area contributed by atoms with Crippen molar-refractivity contribution in [3.05, 3.63) is 33.3 Å². The molecule has 0 bridgehead atoms. The van der Waals surface area contributed by atoms with Crippen molar-refractivity contribution in [2.75, 3.05) is 0 Å². The van der Waals surface area contributed by atoms with Crippen LogP contribution >= 0.6 is 15.9 Å². The van der Waals surface area contributed by atoms with Gasteiger partial charge in [-0.05, 0) is 33.6 Å². The summed E-state index contributed by atoms with van der Waals surface area (Å²) in [5.74, 6) is -1.43. The van der Waals surface area contributed by atoms with Gasteiger partial charge >= 0.3 is 12.1 Å². The van der Waals surface area contributed by atoms with Gasteiger partial charge in [0.25, 0.3) is 0 Å². The molecule has 3 nitrogen and oxygen atoms in total. The third-order valence-electron chi connectivity index (χ3n) is 2.01. The zero-order valence-electron chi connectivity index (χ0n) is 8.18. The number of nitrogens with zero attached hydrogens (tertiary/aromatic N) is 1. The van der Waals surface area contributed by atoms with E-state index in [4.69, 9.17) is 10.4 Å². The number of hydrogen-bond acceptors (Lipinski definition) is 2. The molecule has 0 amide bonds. The van der Waals surface area contributed by atoms with Gasteiger partial charge in [-0.25, -0.2) is 0 Å². The first kappa shape index (κ1) is 13.5. The molecule has 0 aliphatic rings. The first-order valence-electron chi connectivity index (χ1n) is 4.28. The molecule has 0 fully saturated rings. The number of carbonyl (C=O) groups is 1. The Kier molecular flexibility index (Phi) is 3.78. The van der Waals surface area contributed by atoms with Crippen LogP contribution in [0.5, 0.6) is 0 Å². The number of halogens is 4. The molecule has 17 heavy (non-hydrogen) atoms. The van der Waals surface area contributed by atoms with Crippen LogP contribution in [-0.4, -0.2) is 11.1 Å². The summed E-state index contributed by atoms with van der Waals surface area (Å²) in [7, 11) is 0. The van der Waals surface area contributed by atoms with Crippen LogP contribution in [0.1, 0.15) is 16.7 Å². The molecule has 1 N–H and O–H groups in total. The maximum absolute atomic E-state index is 12.6. The molecule has 7 heteroatoms. The molecule has 0 saturated heterocycles. The number of carboxylic acid groups (broad SMARTS) is 1. The maximum atomic E-state index is 12.6. The molecule has 1 rings (SSSR count). The van der Waals surface area contributed by atoms with Crippen LogP contribution in [0.25, 0.3) is 0 Å². The predicted octanol–water partition coefficient (Wildman–Crippen LogP) is 2.97. The van der Waals surface area contributed by atoms with Crippen molar-refractivity contribution in [1.29, 1.82) is 5.26 Å². The summed E-state index contributed by atoms with van der Waals surface area (Å²) in [5, 5.41) is 17.3. The molecule has 0 aliphatic carbocycles. The van der Waals surface area contributed by atoms with E-state index >= 15 is 0 Å². The van der Waals surface area contributed by atoms with E-state index in [-0.39, 0.29) is 10.0 Å². The van der Waals surface area contributed by atoms with Gasteiger partial charge < -0.3 is 5.11 Å². The van der Waals surface area contributed by atoms with Gasteiger partial charge in [-0.1, -0.05) is 0 Å². The Morgan fingerprint density at radius 2 is 2.06 bits per heavy atom. The van der Waals surface area contributed by atoms with Crippen LogP contribution in [0.4, 0.5) is 13.2 Å². The van der Waals surface area contributed by atoms with Crippen molar-refractivity contribution in [2.45, 2.75) is 12.6 Å². The van der Waals surface area contributed by atoms with Gasteiger partial charge in [0, 0.05) is 4.47 Å². The van der Waals surface area contributed by atoms with E-state index in [1.807, 2.05) is 0 Å². The first-order valence-corrected chi connectivity index (χ1v) is 5.07. The van der Waals surface area contributed by atoms with Crippen LogP contribution in [0.3, 0.4) is 0 Å². The fourth-order valence-electron chi connectivity index (χ4n) is 1.34. The topological polar surface area (TPSA) is 61.1 Å². The van der Waals surface area contributed by atoms with Gasteiger partial charge in [0.15, 0.2) is 0 Å². The normalized spacial score (nSPS) is 11.0. The predicted molar refractivity (Wildman–Crippen MR) is 55.2 cm³/mol. The minimum absolute atomic E-state index is 0.143. The van der Waals surface area contributed by atoms with Gasteiger partial charge in [0.05, 0.1) is 17.5 Å². The first-order chi connectivity index (χ1) is 7.77. The largest absolute Gasteiger partial charge is 0.481 e. The molecule has 0 saturated carbocycles. The Bertz CT molecular complexity index is 505. The lowest BCUT2D eigenvalue weighted by Gasteiger charge is -2.13. The lowest BCUT2D eigenvalue weighted by atomic mass is 9.98. The van der Waals surface area contributed by atoms with Crippen LogP contribution in [0, 0.1) is 11.3 Å². The Hall–Kier alpha value is -1.55. The second-order valence-corrected chi connectivity index (χ2v) is 3.98. The lowest BCUT2D eigenvalue weighted by Crippen LogP contribution is -2.14. The van der Waals surface area contributed by atoms with Crippen molar-refractivity contribution in [3.8, 4) is 6.07 Å². The van der Waals surface area contributed by atoms with E-state index in [1.54, 1.807) is 6.07 Å². The number of carboxylic acids is 1. The Labute approximate surface area is 103 Å². The minimum atomic E-state index is -4.68. The zero-order chi connectivity index (χ0) is 13.2. The molecule has 0 unspecified atom stereocenters. The van der Waals surface area contributed by atoms with E-state index in [0.717, 1.165) is 12.1 Å². The maximum Gasteiger partial charge on any atom is 0.416 e. The number of benzene rings is 1. The highest BCUT2D eigenvalue weighted by Crippen LogP contribution is 2.35. The van der Waals surface area contributed by atoms with Gasteiger partial charge in [-0.3, -0.25) is 4.79 Å². The summed E-state index contributed by atoms with van der Waals surface area (Å²) in [4.78, 5) is 10.5. The Balaban J connectivity index is 3.52. The van der Waals surface area contributed by atoms with Gasteiger partial charge in [-0.2, -0.15) is 18.4 Å². The second-order valence-electron chi connectivity index (χ2n) is 3.13. The third-order valence-corrected chi connectivity index (χ3v) is 2.67. The molecule has 0 radical (unpaired) electrons. The van der Waals surface area contributed by atoms with Crippen molar-refractivity contribution < 1.29 is 23.1 Å². The molecule has 0 atom stereocenters. The molecule has 0 aliphatic heterocycles. The van der Waals surface area contributed by atoms with Crippen LogP contribution in [0.2, 0.25) is 0 Å². The molecule has 0 heterocycles. The van der Waals surface area contributed by atoms with Crippen LogP contribution < -0.4 is 0 Å². The van der Waals surface area contributed by atoms with E-state index < -0.39 is 29.7 Å². The summed E-state index contributed by atoms with van der Waals surface area (Å²) in [6.45, 7) is 0. The van der Waals surface area contributed by atoms with Crippen molar-refractivity contribution >= 4 is 21.9 Å². The second kappa shape index (κ2) is 4.75. The molecule has 0 spiro atoms. The van der Waals surface area contributed by atoms with E-state index in [2.05, 4.69) is 15.9 Å². The average molecular weight is 308 g/mol. The standard InChI is InChI=1S/C10H5BrF3NO2/c11-8-2-1-7(10(12,13)14)5(3-9(16)17)6(8)4-15/h1-2H,3H2,(H,16,17). The fraction of sp³-hybridized carbons (Fsp3) is 0.200. The summed E-state index contributed by atoms with van der Waals surface area (Å²) in [6, 6.07) is 3.40. The SMILES string of the molecule is N#Cc1c(Br)ccc(C(F)(F)F)c1CC(=O)O. The monoisotopic (exact) mass is 307 g/mol. The summed E-state index contributed by atoms with van der Waals surface area (Å²) >= 11 is 2.92. The van der Waals surface area contributed by atoms with Crippen molar-refractivity contribution in [3.63, 3.8) is 0 Å². The smallest absolute Gasteiger partial charge is 0.416 e. The van der Waals surface area contributed by atoms with Gasteiger partial charge in [0.2, 0.25) is 0 Å². The Morgan fingerprint density at radius 3 is 2.47 bits per heavy atom. The van der Waals surface area contributed by atoms with Gasteiger partial charge in [-0.15, -0.1) is 0 Å². The highest BCUT2D eigenvalue weighted by Gasteiger charge is 2.35. The highest BCUT2D eigenvalue weighted by molar-refractivity contribution is 9.10. The minimum Gasteiger partial charge on any atom is -0.481 e. The number of alkyl halides is 3. The number of nitriles is 1. The quantitative estimate of drug-likeness (QED) is 0.913. The third kappa shape index (κ3) is 2.97. The van der Waals surface area contributed by atoms with Crippen LogP contribution in [0.15, 0.2) is 16.6 Å². The summed E-state index contributed by atoms with van der Waals surface area (Å²) in [5.41, 5.74) is -1.93. The number of hydrogen-bond donors (Lipinski definition) is 1. The Morgan fingerprint density at radius 1 is 1.47 bits per heavy atom. The van der Waals surface area contributed by atoms with Gasteiger partial charge in [0.1, 0.15) is 6.07 Å². The molecule has 0 aromatic heterocycles. The lowest BCUT2D eigenvalue weighted by molar-refractivity contribution is -0.139. The van der Waals surface area contributed by atoms with E-state index in [9.17, 15) is 18.0 Å². The molecular formula is C10H5BrF3NO2. The highest BCUT2D eigenvalue weighted by atomic mass is 79.9. The fourth-order valence-corrected chi connectivity index (χ4v) is 1.80. The zero-order valence-corrected chi connectivity index (χ0v) is 9.76. The number of rotatable bonds is 2. The number of aliphatic carboxylic acids is 1. The van der Waals surface area contributed by atoms with Crippen LogP contribution in [-0.2, 0) is 17.4 Å². The average Bonchev–Trinajstić information content (AvgIpc) is 2.15. The van der Waals surface area contributed by atoms with Crippen molar-refractivity contribution in [1.82, 2.24) is 0 Å². The van der Waals surface area contributed by atoms with Crippen molar-refractivity contribution in [2.24, 2.45) is 0 Å². The molecule has 1 aromatic carbocycles.